The molecule has 0 bridgehead atoms. The van der Waals surface area contributed by atoms with Crippen molar-refractivity contribution in [3.63, 3.8) is 0 Å². The van der Waals surface area contributed by atoms with Gasteiger partial charge in [0.25, 0.3) is 0 Å². The van der Waals surface area contributed by atoms with Crippen LogP contribution in [-0.4, -0.2) is 23.8 Å². The fourth-order valence-electron chi connectivity index (χ4n) is 2.85. The second-order valence-electron chi connectivity index (χ2n) is 6.04. The monoisotopic (exact) mass is 334 g/mol. The second-order valence-corrected chi connectivity index (χ2v) is 6.04. The molecule has 8 heteroatoms. The lowest BCUT2D eigenvalue weighted by Crippen LogP contribution is -2.46. The predicted octanol–water partition coefficient (Wildman–Crippen LogP) is 3.52. The molecular formula is C15H18F4N2O2. The number of nitrogens with one attached hydrogen (secondary N) is 2. The van der Waals surface area contributed by atoms with Crippen LogP contribution in [0.15, 0.2) is 18.2 Å². The molecule has 2 atom stereocenters. The molecule has 128 valence electrons. The Hall–Kier alpha value is -1.83. The molecule has 1 saturated carbocycles. The molecule has 0 spiro atoms. The van der Waals surface area contributed by atoms with Crippen LogP contribution >= 0.6 is 0 Å². The van der Waals surface area contributed by atoms with Gasteiger partial charge in [0.15, 0.2) is 0 Å². The number of aliphatic hydroxyl groups excluding tert-OH is 1. The van der Waals surface area contributed by atoms with Crippen LogP contribution in [0.2, 0.25) is 0 Å². The topological polar surface area (TPSA) is 61.4 Å². The van der Waals surface area contributed by atoms with Crippen LogP contribution in [0.1, 0.15) is 31.7 Å². The summed E-state index contributed by atoms with van der Waals surface area (Å²) in [6.07, 6.45) is -2.61. The van der Waals surface area contributed by atoms with Crippen molar-refractivity contribution in [2.24, 2.45) is 5.41 Å². The van der Waals surface area contributed by atoms with Crippen molar-refractivity contribution in [1.29, 1.82) is 0 Å². The minimum Gasteiger partial charge on any atom is -0.396 e. The smallest absolute Gasteiger partial charge is 0.396 e. The number of hydrogen-bond acceptors (Lipinski definition) is 2. The minimum atomic E-state index is -4.78. The molecule has 2 rings (SSSR count). The first-order valence-corrected chi connectivity index (χ1v) is 7.21. The molecule has 1 aliphatic carbocycles. The quantitative estimate of drug-likeness (QED) is 0.741. The van der Waals surface area contributed by atoms with Crippen molar-refractivity contribution in [2.45, 2.75) is 38.4 Å². The van der Waals surface area contributed by atoms with Crippen molar-refractivity contribution in [1.82, 2.24) is 5.32 Å². The van der Waals surface area contributed by atoms with Crippen LogP contribution in [0.25, 0.3) is 0 Å². The van der Waals surface area contributed by atoms with Gasteiger partial charge in [0.05, 0.1) is 17.9 Å². The summed E-state index contributed by atoms with van der Waals surface area (Å²) in [5, 5.41) is 14.1. The Balaban J connectivity index is 2.12. The Labute approximate surface area is 130 Å². The first-order valence-electron chi connectivity index (χ1n) is 7.21. The van der Waals surface area contributed by atoms with E-state index in [1.54, 1.807) is 0 Å². The highest BCUT2D eigenvalue weighted by atomic mass is 19.4. The van der Waals surface area contributed by atoms with Gasteiger partial charge in [-0.15, -0.1) is 0 Å². The number of amides is 2. The zero-order valence-electron chi connectivity index (χ0n) is 12.5. The fourth-order valence-corrected chi connectivity index (χ4v) is 2.85. The van der Waals surface area contributed by atoms with Gasteiger partial charge in [-0.05, 0) is 31.0 Å². The number of alkyl halides is 3. The van der Waals surface area contributed by atoms with Gasteiger partial charge in [-0.25, -0.2) is 9.18 Å². The summed E-state index contributed by atoms with van der Waals surface area (Å²) in [5.74, 6) is -1.04. The van der Waals surface area contributed by atoms with Gasteiger partial charge in [-0.3, -0.25) is 0 Å². The molecule has 2 unspecified atom stereocenters. The summed E-state index contributed by atoms with van der Waals surface area (Å²) in [6.45, 7) is 1.69. The van der Waals surface area contributed by atoms with Crippen LogP contribution in [0, 0.1) is 11.2 Å². The SMILES string of the molecule is CC1(CO)CCCC1NC(=O)Nc1ccc(F)cc1C(F)(F)F. The number of halogens is 4. The van der Waals surface area contributed by atoms with Crippen LogP contribution in [0.3, 0.4) is 0 Å². The maximum atomic E-state index is 13.0. The van der Waals surface area contributed by atoms with Gasteiger partial charge in [0.1, 0.15) is 5.82 Å². The molecule has 3 N–H and O–H groups in total. The summed E-state index contributed by atoms with van der Waals surface area (Å²) in [4.78, 5) is 12.0. The first kappa shape index (κ1) is 17.5. The zero-order chi connectivity index (χ0) is 17.3. The van der Waals surface area contributed by atoms with E-state index in [4.69, 9.17) is 0 Å². The molecule has 2 amide bonds. The summed E-state index contributed by atoms with van der Waals surface area (Å²) in [6, 6.07) is 0.912. The molecule has 0 radical (unpaired) electrons. The lowest BCUT2D eigenvalue weighted by Gasteiger charge is -2.30. The number of hydrogen-bond donors (Lipinski definition) is 3. The van der Waals surface area contributed by atoms with E-state index in [0.717, 1.165) is 25.0 Å². The van der Waals surface area contributed by atoms with Gasteiger partial charge in [0.2, 0.25) is 0 Å². The second kappa shape index (κ2) is 6.35. The Morgan fingerprint density at radius 1 is 1.43 bits per heavy atom. The molecule has 23 heavy (non-hydrogen) atoms. The van der Waals surface area contributed by atoms with Crippen molar-refractivity contribution in [2.75, 3.05) is 11.9 Å². The Morgan fingerprint density at radius 3 is 2.74 bits per heavy atom. The van der Waals surface area contributed by atoms with E-state index in [2.05, 4.69) is 10.6 Å². The number of rotatable bonds is 3. The van der Waals surface area contributed by atoms with Crippen molar-refractivity contribution >= 4 is 11.7 Å². The summed E-state index contributed by atoms with van der Waals surface area (Å²) in [5.41, 5.74) is -2.25. The molecule has 1 aliphatic rings. The Morgan fingerprint density at radius 2 is 2.13 bits per heavy atom. The predicted molar refractivity (Wildman–Crippen MR) is 76.4 cm³/mol. The molecule has 0 heterocycles. The van der Waals surface area contributed by atoms with E-state index < -0.39 is 34.7 Å². The Kier molecular flexibility index (Phi) is 4.84. The van der Waals surface area contributed by atoms with Crippen LogP contribution in [0.5, 0.6) is 0 Å². The van der Waals surface area contributed by atoms with E-state index in [9.17, 15) is 27.5 Å². The fraction of sp³-hybridized carbons (Fsp3) is 0.533. The highest BCUT2D eigenvalue weighted by Gasteiger charge is 2.39. The molecular weight excluding hydrogens is 316 g/mol. The third-order valence-corrected chi connectivity index (χ3v) is 4.28. The number of carbonyl (C=O) groups is 1. The number of urea groups is 1. The standard InChI is InChI=1S/C15H18F4N2O2/c1-14(8-22)6-2-3-12(14)21-13(23)20-11-5-4-9(16)7-10(11)15(17,18)19/h4-5,7,12,22H,2-3,6,8H2,1H3,(H2,20,21,23). The van der Waals surface area contributed by atoms with E-state index in [1.807, 2.05) is 6.92 Å². The molecule has 4 nitrogen and oxygen atoms in total. The number of carbonyl (C=O) groups excluding carboxylic acids is 1. The Bertz CT molecular complexity index is 591. The maximum Gasteiger partial charge on any atom is 0.418 e. The number of aliphatic hydroxyl groups is 1. The average Bonchev–Trinajstić information content (AvgIpc) is 2.81. The van der Waals surface area contributed by atoms with E-state index in [-0.39, 0.29) is 12.6 Å². The van der Waals surface area contributed by atoms with Gasteiger partial charge in [0, 0.05) is 11.5 Å². The summed E-state index contributed by atoms with van der Waals surface area (Å²) >= 11 is 0. The van der Waals surface area contributed by atoms with E-state index in [0.29, 0.717) is 12.5 Å². The van der Waals surface area contributed by atoms with E-state index in [1.165, 1.54) is 0 Å². The maximum absolute atomic E-state index is 13.0. The summed E-state index contributed by atoms with van der Waals surface area (Å²) in [7, 11) is 0. The molecule has 0 saturated heterocycles. The third kappa shape index (κ3) is 3.93. The van der Waals surface area contributed by atoms with E-state index >= 15 is 0 Å². The minimum absolute atomic E-state index is 0.123. The molecule has 1 aromatic carbocycles. The first-order chi connectivity index (χ1) is 10.7. The normalized spacial score (nSPS) is 24.5. The lowest BCUT2D eigenvalue weighted by molar-refractivity contribution is -0.137. The van der Waals surface area contributed by atoms with Gasteiger partial charge >= 0.3 is 12.2 Å². The van der Waals surface area contributed by atoms with Crippen LogP contribution in [0.4, 0.5) is 28.0 Å². The molecule has 1 aromatic rings. The third-order valence-electron chi connectivity index (χ3n) is 4.28. The van der Waals surface area contributed by atoms with Crippen molar-refractivity contribution in [3.05, 3.63) is 29.6 Å². The van der Waals surface area contributed by atoms with Crippen molar-refractivity contribution < 1.29 is 27.5 Å². The largest absolute Gasteiger partial charge is 0.418 e. The average molecular weight is 334 g/mol. The highest BCUT2D eigenvalue weighted by molar-refractivity contribution is 5.90. The summed E-state index contributed by atoms with van der Waals surface area (Å²) < 4.78 is 51.7. The van der Waals surface area contributed by atoms with Crippen LogP contribution < -0.4 is 10.6 Å². The van der Waals surface area contributed by atoms with Crippen molar-refractivity contribution in [3.8, 4) is 0 Å². The van der Waals surface area contributed by atoms with Gasteiger partial charge < -0.3 is 15.7 Å². The zero-order valence-corrected chi connectivity index (χ0v) is 12.5. The lowest BCUT2D eigenvalue weighted by atomic mass is 9.86. The van der Waals surface area contributed by atoms with Gasteiger partial charge in [-0.1, -0.05) is 13.3 Å². The van der Waals surface area contributed by atoms with Gasteiger partial charge in [-0.2, -0.15) is 13.2 Å². The molecule has 0 aromatic heterocycles. The number of anilines is 1. The number of benzene rings is 1. The van der Waals surface area contributed by atoms with Crippen LogP contribution in [-0.2, 0) is 6.18 Å². The molecule has 0 aliphatic heterocycles. The highest BCUT2D eigenvalue weighted by Crippen LogP contribution is 2.38. The molecule has 1 fully saturated rings.